The minimum Gasteiger partial charge on any atom is -0.456 e. The molecular weight excluding hydrogens is 330 g/mol. The second kappa shape index (κ2) is 8.07. The minimum atomic E-state index is -0.460. The van der Waals surface area contributed by atoms with Crippen molar-refractivity contribution < 1.29 is 23.8 Å². The van der Waals surface area contributed by atoms with Crippen molar-refractivity contribution in [1.29, 1.82) is 0 Å². The largest absolute Gasteiger partial charge is 0.456 e. The highest BCUT2D eigenvalue weighted by atomic mass is 17.2. The molecule has 1 fully saturated rings. The molecule has 2 rings (SSSR count). The van der Waals surface area contributed by atoms with Crippen LogP contribution in [0.4, 0.5) is 0 Å². The topological polar surface area (TPSA) is 44.8 Å². The molecule has 2 atom stereocenters. The Hall–Kier alpha value is -1.43. The quantitative estimate of drug-likeness (QED) is 0.177. The van der Waals surface area contributed by atoms with Crippen LogP contribution in [0.5, 0.6) is 0 Å². The Bertz CT molecular complexity index is 588. The van der Waals surface area contributed by atoms with Crippen molar-refractivity contribution in [3.63, 3.8) is 0 Å². The van der Waals surface area contributed by atoms with Gasteiger partial charge in [-0.05, 0) is 47.1 Å². The highest BCUT2D eigenvalue weighted by molar-refractivity contribution is 5.71. The molecule has 1 aliphatic rings. The summed E-state index contributed by atoms with van der Waals surface area (Å²) in [4.78, 5) is 23.1. The van der Waals surface area contributed by atoms with Crippen LogP contribution in [0.25, 0.3) is 0 Å². The van der Waals surface area contributed by atoms with E-state index < -0.39 is 5.60 Å². The normalized spacial score (nSPS) is 22.9. The molecule has 0 saturated carbocycles. The molecule has 2 unspecified atom stereocenters. The van der Waals surface area contributed by atoms with Crippen molar-refractivity contribution in [1.82, 2.24) is 0 Å². The number of carbonyl (C=O) groups is 1. The predicted octanol–water partition coefficient (Wildman–Crippen LogP) is 3.52. The van der Waals surface area contributed by atoms with Gasteiger partial charge < -0.3 is 9.22 Å². The Morgan fingerprint density at radius 1 is 1.08 bits per heavy atom. The summed E-state index contributed by atoms with van der Waals surface area (Å²) in [6, 6.07) is 10.8. The summed E-state index contributed by atoms with van der Waals surface area (Å²) < 4.78 is 6.25. The molecule has 1 aromatic carbocycles. The summed E-state index contributed by atoms with van der Waals surface area (Å²) in [5.41, 5.74) is 0.504. The van der Waals surface area contributed by atoms with Crippen LogP contribution in [0.1, 0.15) is 47.1 Å². The van der Waals surface area contributed by atoms with E-state index in [1.807, 2.05) is 47.6 Å². The molecule has 0 radical (unpaired) electrons. The van der Waals surface area contributed by atoms with Gasteiger partial charge in [0, 0.05) is 6.42 Å². The fraction of sp³-hybridized carbons (Fsp3) is 0.667. The first-order valence-corrected chi connectivity index (χ1v) is 9.41. The van der Waals surface area contributed by atoms with Gasteiger partial charge in [-0.1, -0.05) is 30.3 Å². The Morgan fingerprint density at radius 3 is 2.31 bits per heavy atom. The smallest absolute Gasteiger partial charge is 0.362 e. The van der Waals surface area contributed by atoms with Crippen LogP contribution >= 0.6 is 0 Å². The van der Waals surface area contributed by atoms with Gasteiger partial charge in [-0.2, -0.15) is 0 Å². The van der Waals surface area contributed by atoms with Gasteiger partial charge in [0.25, 0.3) is 0 Å². The Morgan fingerprint density at radius 2 is 1.73 bits per heavy atom. The highest BCUT2D eigenvalue weighted by Crippen LogP contribution is 2.34. The third-order valence-electron chi connectivity index (χ3n) is 4.32. The van der Waals surface area contributed by atoms with Crippen LogP contribution in [0.3, 0.4) is 0 Å². The molecule has 1 aromatic rings. The molecule has 1 saturated heterocycles. The van der Waals surface area contributed by atoms with Gasteiger partial charge in [-0.15, -0.1) is 0 Å². The Labute approximate surface area is 157 Å². The molecule has 146 valence electrons. The summed E-state index contributed by atoms with van der Waals surface area (Å²) in [5.74, 6) is -0.148. The number of hydrogen-bond acceptors (Lipinski definition) is 4. The van der Waals surface area contributed by atoms with Gasteiger partial charge in [0.1, 0.15) is 31.3 Å². The lowest BCUT2D eigenvalue weighted by Gasteiger charge is -2.24. The summed E-state index contributed by atoms with van der Waals surface area (Å²) in [5, 5.41) is 0. The third kappa shape index (κ3) is 7.06. The maximum atomic E-state index is 12.4. The molecule has 1 heterocycles. The third-order valence-corrected chi connectivity index (χ3v) is 4.32. The van der Waals surface area contributed by atoms with Gasteiger partial charge in [0.15, 0.2) is 6.54 Å². The van der Waals surface area contributed by atoms with E-state index in [4.69, 9.17) is 14.5 Å². The van der Waals surface area contributed by atoms with Crippen molar-refractivity contribution in [3.05, 3.63) is 35.9 Å². The zero-order valence-corrected chi connectivity index (χ0v) is 17.1. The summed E-state index contributed by atoms with van der Waals surface area (Å²) in [6.45, 7) is 14.1. The van der Waals surface area contributed by atoms with Crippen LogP contribution in [0.15, 0.2) is 30.3 Å². The van der Waals surface area contributed by atoms with E-state index in [1.54, 1.807) is 0 Å². The van der Waals surface area contributed by atoms with E-state index in [9.17, 15) is 4.79 Å². The highest BCUT2D eigenvalue weighted by Gasteiger charge is 2.55. The molecule has 5 nitrogen and oxygen atoms in total. The Balaban J connectivity index is 1.95. The molecular formula is C21H34NO4+. The van der Waals surface area contributed by atoms with Crippen molar-refractivity contribution in [2.24, 2.45) is 0 Å². The monoisotopic (exact) mass is 364 g/mol. The van der Waals surface area contributed by atoms with E-state index in [1.165, 1.54) is 5.56 Å². The average molecular weight is 365 g/mol. The molecule has 0 aliphatic carbocycles. The maximum absolute atomic E-state index is 12.4. The second-order valence-electron chi connectivity index (χ2n) is 9.23. The van der Waals surface area contributed by atoms with Gasteiger partial charge in [0.2, 0.25) is 0 Å². The number of hydrogen-bond donors (Lipinski definition) is 0. The zero-order chi connectivity index (χ0) is 19.4. The fourth-order valence-electron chi connectivity index (χ4n) is 3.13. The van der Waals surface area contributed by atoms with E-state index in [2.05, 4.69) is 24.3 Å². The standard InChI is InChI=1S/C21H34NO4/c1-20(2,3)25-19(23)16-22(12-13-24-26-21(4,5)6)15-18(22)14-17-10-8-7-9-11-17/h7-11,18H,12-16H2,1-6H3/q+1. The van der Waals surface area contributed by atoms with E-state index in [0.29, 0.717) is 23.7 Å². The molecule has 26 heavy (non-hydrogen) atoms. The second-order valence-corrected chi connectivity index (χ2v) is 9.23. The number of rotatable bonds is 8. The predicted molar refractivity (Wildman–Crippen MR) is 101 cm³/mol. The first-order chi connectivity index (χ1) is 12.0. The fourth-order valence-corrected chi connectivity index (χ4v) is 3.13. The molecule has 1 aliphatic heterocycles. The summed E-state index contributed by atoms with van der Waals surface area (Å²) in [6.07, 6.45) is 0.962. The molecule has 0 amide bonds. The number of nitrogens with zero attached hydrogens (tertiary/aromatic N) is 1. The summed E-state index contributed by atoms with van der Waals surface area (Å²) >= 11 is 0. The lowest BCUT2D eigenvalue weighted by atomic mass is 10.1. The maximum Gasteiger partial charge on any atom is 0.362 e. The summed E-state index contributed by atoms with van der Waals surface area (Å²) in [7, 11) is 0. The van der Waals surface area contributed by atoms with E-state index in [0.717, 1.165) is 19.5 Å². The van der Waals surface area contributed by atoms with Crippen LogP contribution in [0, 0.1) is 0 Å². The molecule has 0 N–H and O–H groups in total. The molecule has 0 aromatic heterocycles. The zero-order valence-electron chi connectivity index (χ0n) is 17.1. The van der Waals surface area contributed by atoms with Crippen molar-refractivity contribution in [2.75, 3.05) is 26.2 Å². The number of carbonyl (C=O) groups excluding carboxylic acids is 1. The van der Waals surface area contributed by atoms with E-state index >= 15 is 0 Å². The average Bonchev–Trinajstić information content (AvgIpc) is 3.14. The molecule has 0 bridgehead atoms. The first kappa shape index (κ1) is 20.9. The Kier molecular flexibility index (Phi) is 6.48. The van der Waals surface area contributed by atoms with Crippen LogP contribution < -0.4 is 0 Å². The van der Waals surface area contributed by atoms with Crippen LogP contribution in [-0.2, 0) is 25.7 Å². The minimum absolute atomic E-state index is 0.148. The van der Waals surface area contributed by atoms with Crippen LogP contribution in [0.2, 0.25) is 0 Å². The van der Waals surface area contributed by atoms with Crippen molar-refractivity contribution in [3.8, 4) is 0 Å². The van der Waals surface area contributed by atoms with E-state index in [-0.39, 0.29) is 11.6 Å². The molecule has 0 spiro atoms. The SMILES string of the molecule is CC(C)(C)OOCC[N+]1(CC(=O)OC(C)(C)C)CC1Cc1ccccc1. The number of quaternary nitrogens is 1. The van der Waals surface area contributed by atoms with Gasteiger partial charge in [-0.25, -0.2) is 14.6 Å². The first-order valence-electron chi connectivity index (χ1n) is 9.41. The lowest BCUT2D eigenvalue weighted by Crippen LogP contribution is -2.41. The van der Waals surface area contributed by atoms with Gasteiger partial charge >= 0.3 is 5.97 Å². The van der Waals surface area contributed by atoms with Crippen molar-refractivity contribution >= 4 is 5.97 Å². The number of esters is 1. The van der Waals surface area contributed by atoms with Gasteiger partial charge in [0.05, 0.1) is 5.60 Å². The van der Waals surface area contributed by atoms with Crippen molar-refractivity contribution in [2.45, 2.75) is 65.2 Å². The number of benzene rings is 1. The number of ether oxygens (including phenoxy) is 1. The molecule has 5 heteroatoms. The van der Waals surface area contributed by atoms with Gasteiger partial charge in [-0.3, -0.25) is 0 Å². The lowest BCUT2D eigenvalue weighted by molar-refractivity contribution is -0.808. The van der Waals surface area contributed by atoms with Crippen LogP contribution in [-0.4, -0.2) is 53.9 Å².